The summed E-state index contributed by atoms with van der Waals surface area (Å²) in [5.74, 6) is -0.552. The van der Waals surface area contributed by atoms with Crippen molar-refractivity contribution in [2.45, 2.75) is 6.04 Å². The number of ether oxygens (including phenoxy) is 2. The van der Waals surface area contributed by atoms with Gasteiger partial charge in [0.2, 0.25) is 5.91 Å². The molecule has 2 N–H and O–H groups in total. The molecule has 1 aromatic carbocycles. The molecular weight excluding hydrogens is 294 g/mol. The van der Waals surface area contributed by atoms with Gasteiger partial charge in [0.1, 0.15) is 6.04 Å². The molecule has 114 valence electrons. The Morgan fingerprint density at radius 2 is 2.14 bits per heavy atom. The third kappa shape index (κ3) is 5.03. The topological polar surface area (TPSA) is 84.9 Å². The number of nitrogens with one attached hydrogen (secondary N) is 1. The Bertz CT molecular complexity index is 544. The monoisotopic (exact) mass is 311 g/mol. The van der Waals surface area contributed by atoms with Gasteiger partial charge in [0.15, 0.2) is 11.5 Å². The molecule has 0 spiro atoms. The molecule has 0 fully saturated rings. The van der Waals surface area contributed by atoms with E-state index in [1.807, 2.05) is 0 Å². The molecule has 0 bridgehead atoms. The fourth-order valence-electron chi connectivity index (χ4n) is 1.51. The Labute approximate surface area is 128 Å². The average Bonchev–Trinajstić information content (AvgIpc) is 2.50. The molecule has 1 rings (SSSR count). The second kappa shape index (κ2) is 8.21. The summed E-state index contributed by atoms with van der Waals surface area (Å²) in [6.07, 6.45) is 2.80. The van der Waals surface area contributed by atoms with Gasteiger partial charge in [0, 0.05) is 11.8 Å². The average molecular weight is 311 g/mol. The summed E-state index contributed by atoms with van der Waals surface area (Å²) in [5.41, 5.74) is 0.667. The van der Waals surface area contributed by atoms with Gasteiger partial charge in [-0.1, -0.05) is 6.07 Å². The van der Waals surface area contributed by atoms with E-state index in [1.165, 1.54) is 32.4 Å². The number of hydrogen-bond donors (Lipinski definition) is 3. The quantitative estimate of drug-likeness (QED) is 0.415. The van der Waals surface area contributed by atoms with Gasteiger partial charge in [-0.15, -0.1) is 0 Å². The molecule has 1 aromatic rings. The first-order valence-corrected chi connectivity index (χ1v) is 6.69. The van der Waals surface area contributed by atoms with Crippen molar-refractivity contribution in [2.24, 2.45) is 0 Å². The van der Waals surface area contributed by atoms with E-state index in [0.717, 1.165) is 0 Å². The third-order valence-corrected chi connectivity index (χ3v) is 2.98. The number of amides is 1. The lowest BCUT2D eigenvalue weighted by Gasteiger charge is -2.12. The molecule has 0 radical (unpaired) electrons. The van der Waals surface area contributed by atoms with Crippen LogP contribution in [0.1, 0.15) is 5.56 Å². The van der Waals surface area contributed by atoms with Crippen LogP contribution in [0, 0.1) is 0 Å². The minimum Gasteiger partial charge on any atom is -0.504 e. The molecule has 1 atom stereocenters. The summed E-state index contributed by atoms with van der Waals surface area (Å²) < 4.78 is 9.50. The molecule has 0 aliphatic rings. The van der Waals surface area contributed by atoms with Crippen molar-refractivity contribution in [1.82, 2.24) is 5.32 Å². The highest BCUT2D eigenvalue weighted by molar-refractivity contribution is 7.80. The SMILES string of the molecule is COC(=O)[C@H](CS)NC(=O)/C=C/c1ccc(O)c(OC)c1. The smallest absolute Gasteiger partial charge is 0.329 e. The zero-order chi connectivity index (χ0) is 15.8. The zero-order valence-electron chi connectivity index (χ0n) is 11.7. The van der Waals surface area contributed by atoms with E-state index in [2.05, 4.69) is 22.7 Å². The molecule has 0 unspecified atom stereocenters. The van der Waals surface area contributed by atoms with Gasteiger partial charge < -0.3 is 19.9 Å². The van der Waals surface area contributed by atoms with Crippen LogP contribution in [0.4, 0.5) is 0 Å². The lowest BCUT2D eigenvalue weighted by atomic mass is 10.2. The van der Waals surface area contributed by atoms with Crippen molar-refractivity contribution in [2.75, 3.05) is 20.0 Å². The van der Waals surface area contributed by atoms with Gasteiger partial charge in [-0.25, -0.2) is 4.79 Å². The largest absolute Gasteiger partial charge is 0.504 e. The van der Waals surface area contributed by atoms with Crippen LogP contribution in [0.25, 0.3) is 6.08 Å². The van der Waals surface area contributed by atoms with Gasteiger partial charge in [-0.3, -0.25) is 4.79 Å². The summed E-state index contributed by atoms with van der Waals surface area (Å²) in [6.45, 7) is 0. The second-order valence-corrected chi connectivity index (χ2v) is 4.40. The number of esters is 1. The van der Waals surface area contributed by atoms with Crippen molar-refractivity contribution >= 4 is 30.6 Å². The van der Waals surface area contributed by atoms with Gasteiger partial charge in [-0.05, 0) is 23.8 Å². The van der Waals surface area contributed by atoms with E-state index in [-0.39, 0.29) is 11.5 Å². The fourth-order valence-corrected chi connectivity index (χ4v) is 1.75. The summed E-state index contributed by atoms with van der Waals surface area (Å²) in [7, 11) is 2.67. The Morgan fingerprint density at radius 1 is 1.43 bits per heavy atom. The van der Waals surface area contributed by atoms with Crippen molar-refractivity contribution < 1.29 is 24.2 Å². The van der Waals surface area contributed by atoms with Crippen molar-refractivity contribution in [3.63, 3.8) is 0 Å². The van der Waals surface area contributed by atoms with Gasteiger partial charge in [0.05, 0.1) is 14.2 Å². The number of phenols is 1. The maximum atomic E-state index is 11.7. The maximum Gasteiger partial charge on any atom is 0.329 e. The minimum atomic E-state index is -0.801. The normalized spacial score (nSPS) is 12.0. The Morgan fingerprint density at radius 3 is 2.71 bits per heavy atom. The lowest BCUT2D eigenvalue weighted by molar-refractivity contribution is -0.143. The molecule has 0 saturated carbocycles. The standard InChI is InChI=1S/C14H17NO5S/c1-19-12-7-9(3-5-11(12)16)4-6-13(17)15-10(8-21)14(18)20-2/h3-7,10,16,21H,8H2,1-2H3,(H,15,17)/b6-4+/t10-/m0/s1. The molecule has 0 saturated heterocycles. The van der Waals surface area contributed by atoms with Crippen LogP contribution in [-0.4, -0.2) is 43.0 Å². The van der Waals surface area contributed by atoms with Crippen molar-refractivity contribution in [3.05, 3.63) is 29.8 Å². The van der Waals surface area contributed by atoms with Crippen LogP contribution in [0.15, 0.2) is 24.3 Å². The highest BCUT2D eigenvalue weighted by atomic mass is 32.1. The molecule has 0 aliphatic heterocycles. The van der Waals surface area contributed by atoms with E-state index in [1.54, 1.807) is 12.1 Å². The number of carbonyl (C=O) groups is 2. The van der Waals surface area contributed by atoms with Crippen LogP contribution < -0.4 is 10.1 Å². The molecule has 21 heavy (non-hydrogen) atoms. The van der Waals surface area contributed by atoms with E-state index < -0.39 is 17.9 Å². The number of benzene rings is 1. The summed E-state index contributed by atoms with van der Waals surface area (Å²) in [6, 6.07) is 3.86. The molecular formula is C14H17NO5S. The van der Waals surface area contributed by atoms with Crippen LogP contribution in [0.5, 0.6) is 11.5 Å². The number of phenolic OH excluding ortho intramolecular Hbond substituents is 1. The van der Waals surface area contributed by atoms with Crippen LogP contribution in [0.2, 0.25) is 0 Å². The molecule has 6 nitrogen and oxygen atoms in total. The fraction of sp³-hybridized carbons (Fsp3) is 0.286. The molecule has 1 amide bonds. The predicted octanol–water partition coefficient (Wildman–Crippen LogP) is 1.00. The first-order valence-electron chi connectivity index (χ1n) is 6.06. The summed E-state index contributed by atoms with van der Waals surface area (Å²) in [5, 5.41) is 11.9. The van der Waals surface area contributed by atoms with E-state index in [9.17, 15) is 14.7 Å². The van der Waals surface area contributed by atoms with E-state index in [4.69, 9.17) is 4.74 Å². The van der Waals surface area contributed by atoms with Crippen molar-refractivity contribution in [1.29, 1.82) is 0 Å². The Hall–Kier alpha value is -2.15. The third-order valence-electron chi connectivity index (χ3n) is 2.62. The van der Waals surface area contributed by atoms with Crippen LogP contribution in [-0.2, 0) is 14.3 Å². The first kappa shape index (κ1) is 16.9. The zero-order valence-corrected chi connectivity index (χ0v) is 12.6. The van der Waals surface area contributed by atoms with E-state index in [0.29, 0.717) is 11.3 Å². The highest BCUT2D eigenvalue weighted by Gasteiger charge is 2.18. The molecule has 0 aliphatic carbocycles. The minimum absolute atomic E-state index is 0.0138. The molecule has 0 heterocycles. The molecule has 7 heteroatoms. The van der Waals surface area contributed by atoms with Crippen LogP contribution in [0.3, 0.4) is 0 Å². The number of carbonyl (C=O) groups excluding carboxylic acids is 2. The molecule has 0 aromatic heterocycles. The Balaban J connectivity index is 2.71. The highest BCUT2D eigenvalue weighted by Crippen LogP contribution is 2.26. The van der Waals surface area contributed by atoms with E-state index >= 15 is 0 Å². The number of methoxy groups -OCH3 is 2. The summed E-state index contributed by atoms with van der Waals surface area (Å²) in [4.78, 5) is 23.0. The number of rotatable bonds is 6. The second-order valence-electron chi connectivity index (χ2n) is 4.03. The van der Waals surface area contributed by atoms with Gasteiger partial charge in [-0.2, -0.15) is 12.6 Å². The Kier molecular flexibility index (Phi) is 6.61. The lowest BCUT2D eigenvalue weighted by Crippen LogP contribution is -2.42. The summed E-state index contributed by atoms with van der Waals surface area (Å²) >= 11 is 3.97. The first-order chi connectivity index (χ1) is 10.0. The number of aromatic hydroxyl groups is 1. The maximum absolute atomic E-state index is 11.7. The van der Waals surface area contributed by atoms with Gasteiger partial charge >= 0.3 is 5.97 Å². The van der Waals surface area contributed by atoms with Gasteiger partial charge in [0.25, 0.3) is 0 Å². The van der Waals surface area contributed by atoms with Crippen LogP contribution >= 0.6 is 12.6 Å². The number of hydrogen-bond acceptors (Lipinski definition) is 6. The predicted molar refractivity (Wildman–Crippen MR) is 81.5 cm³/mol. The number of thiol groups is 1. The van der Waals surface area contributed by atoms with Crippen molar-refractivity contribution in [3.8, 4) is 11.5 Å².